The number of likely N-dealkylation sites (tertiary alicyclic amines) is 1. The Balaban J connectivity index is 2.13. The molecule has 1 amide bonds. The SMILES string of the molecule is Cc1cscc1C(=O)N1C[C@@H](O)[C@@H](O)C1. The first-order chi connectivity index (χ1) is 7.09. The first-order valence-electron chi connectivity index (χ1n) is 4.78. The minimum Gasteiger partial charge on any atom is -0.388 e. The zero-order valence-corrected chi connectivity index (χ0v) is 9.20. The van der Waals surface area contributed by atoms with Gasteiger partial charge in [0.05, 0.1) is 17.8 Å². The third-order valence-electron chi connectivity index (χ3n) is 2.63. The van der Waals surface area contributed by atoms with Crippen LogP contribution in [0.3, 0.4) is 0 Å². The average molecular weight is 227 g/mol. The Morgan fingerprint density at radius 2 is 2.00 bits per heavy atom. The topological polar surface area (TPSA) is 60.8 Å². The Bertz CT molecular complexity index is 366. The van der Waals surface area contributed by atoms with Crippen LogP contribution in [0, 0.1) is 6.92 Å². The van der Waals surface area contributed by atoms with Gasteiger partial charge in [0, 0.05) is 18.5 Å². The van der Waals surface area contributed by atoms with Crippen LogP contribution in [-0.4, -0.2) is 46.3 Å². The summed E-state index contributed by atoms with van der Waals surface area (Å²) in [6.45, 7) is 2.32. The van der Waals surface area contributed by atoms with Gasteiger partial charge in [-0.05, 0) is 17.9 Å². The quantitative estimate of drug-likeness (QED) is 0.722. The van der Waals surface area contributed by atoms with Gasteiger partial charge >= 0.3 is 0 Å². The average Bonchev–Trinajstić information content (AvgIpc) is 2.74. The third kappa shape index (κ3) is 1.90. The van der Waals surface area contributed by atoms with Crippen LogP contribution in [0.2, 0.25) is 0 Å². The highest BCUT2D eigenvalue weighted by atomic mass is 32.1. The summed E-state index contributed by atoms with van der Waals surface area (Å²) in [7, 11) is 0. The van der Waals surface area contributed by atoms with Gasteiger partial charge in [0.2, 0.25) is 0 Å². The van der Waals surface area contributed by atoms with E-state index in [2.05, 4.69) is 0 Å². The summed E-state index contributed by atoms with van der Waals surface area (Å²) >= 11 is 1.48. The lowest BCUT2D eigenvalue weighted by molar-refractivity contribution is 0.0572. The molecule has 2 rings (SSSR count). The summed E-state index contributed by atoms with van der Waals surface area (Å²) in [6.07, 6.45) is -1.62. The van der Waals surface area contributed by atoms with E-state index in [1.54, 1.807) is 5.38 Å². The van der Waals surface area contributed by atoms with Gasteiger partial charge < -0.3 is 15.1 Å². The van der Waals surface area contributed by atoms with E-state index in [4.69, 9.17) is 0 Å². The van der Waals surface area contributed by atoms with Gasteiger partial charge in [-0.1, -0.05) is 0 Å². The molecule has 0 unspecified atom stereocenters. The molecule has 1 fully saturated rings. The predicted molar refractivity (Wildman–Crippen MR) is 57.0 cm³/mol. The van der Waals surface area contributed by atoms with Crippen molar-refractivity contribution >= 4 is 17.2 Å². The van der Waals surface area contributed by atoms with Crippen molar-refractivity contribution in [2.75, 3.05) is 13.1 Å². The van der Waals surface area contributed by atoms with Crippen LogP contribution in [0.4, 0.5) is 0 Å². The van der Waals surface area contributed by atoms with Crippen molar-refractivity contribution in [3.63, 3.8) is 0 Å². The predicted octanol–water partition coefficient (Wildman–Crippen LogP) is 0.234. The molecule has 82 valence electrons. The molecule has 0 aliphatic carbocycles. The molecule has 0 bridgehead atoms. The van der Waals surface area contributed by atoms with Crippen molar-refractivity contribution in [3.8, 4) is 0 Å². The lowest BCUT2D eigenvalue weighted by Gasteiger charge is -2.14. The van der Waals surface area contributed by atoms with Gasteiger partial charge in [0.1, 0.15) is 0 Å². The van der Waals surface area contributed by atoms with Crippen LogP contribution >= 0.6 is 11.3 Å². The zero-order chi connectivity index (χ0) is 11.0. The first kappa shape index (κ1) is 10.6. The highest BCUT2D eigenvalue weighted by Gasteiger charge is 2.33. The Morgan fingerprint density at radius 1 is 1.40 bits per heavy atom. The van der Waals surface area contributed by atoms with Gasteiger partial charge in [0.15, 0.2) is 0 Å². The van der Waals surface area contributed by atoms with Gasteiger partial charge in [-0.2, -0.15) is 11.3 Å². The van der Waals surface area contributed by atoms with Crippen molar-refractivity contribution in [1.82, 2.24) is 4.90 Å². The molecule has 1 aromatic heterocycles. The van der Waals surface area contributed by atoms with E-state index in [0.717, 1.165) is 5.56 Å². The van der Waals surface area contributed by atoms with Crippen LogP contribution < -0.4 is 0 Å². The maximum Gasteiger partial charge on any atom is 0.255 e. The summed E-state index contributed by atoms with van der Waals surface area (Å²) in [4.78, 5) is 13.4. The highest BCUT2D eigenvalue weighted by Crippen LogP contribution is 2.19. The lowest BCUT2D eigenvalue weighted by Crippen LogP contribution is -2.29. The van der Waals surface area contributed by atoms with Crippen LogP contribution in [-0.2, 0) is 0 Å². The number of carbonyl (C=O) groups excluding carboxylic acids is 1. The molecule has 2 atom stereocenters. The normalized spacial score (nSPS) is 25.9. The number of nitrogens with zero attached hydrogens (tertiary/aromatic N) is 1. The minimum atomic E-state index is -0.812. The molecular weight excluding hydrogens is 214 g/mol. The van der Waals surface area contributed by atoms with Crippen molar-refractivity contribution in [2.45, 2.75) is 19.1 Å². The van der Waals surface area contributed by atoms with Crippen LogP contribution in [0.25, 0.3) is 0 Å². The number of rotatable bonds is 1. The Labute approximate surface area is 91.8 Å². The van der Waals surface area contributed by atoms with E-state index in [9.17, 15) is 15.0 Å². The van der Waals surface area contributed by atoms with Crippen molar-refractivity contribution in [3.05, 3.63) is 21.9 Å². The summed E-state index contributed by atoms with van der Waals surface area (Å²) in [5.74, 6) is -0.107. The molecule has 0 aromatic carbocycles. The molecule has 0 radical (unpaired) electrons. The lowest BCUT2D eigenvalue weighted by atomic mass is 10.2. The molecule has 5 heteroatoms. The van der Waals surface area contributed by atoms with E-state index < -0.39 is 12.2 Å². The van der Waals surface area contributed by atoms with Crippen molar-refractivity contribution < 1.29 is 15.0 Å². The van der Waals surface area contributed by atoms with Crippen molar-refractivity contribution in [1.29, 1.82) is 0 Å². The Morgan fingerprint density at radius 3 is 2.47 bits per heavy atom. The highest BCUT2D eigenvalue weighted by molar-refractivity contribution is 7.08. The van der Waals surface area contributed by atoms with E-state index >= 15 is 0 Å². The second-order valence-electron chi connectivity index (χ2n) is 3.81. The number of hydrogen-bond acceptors (Lipinski definition) is 4. The molecule has 2 heterocycles. The maximum absolute atomic E-state index is 11.9. The van der Waals surface area contributed by atoms with Crippen molar-refractivity contribution in [2.24, 2.45) is 0 Å². The number of aryl methyl sites for hydroxylation is 1. The molecular formula is C10H13NO3S. The van der Waals surface area contributed by atoms with Gasteiger partial charge in [-0.15, -0.1) is 0 Å². The maximum atomic E-state index is 11.9. The Kier molecular flexibility index (Phi) is 2.77. The molecule has 0 spiro atoms. The summed E-state index contributed by atoms with van der Waals surface area (Å²) < 4.78 is 0. The third-order valence-corrected chi connectivity index (χ3v) is 3.49. The molecule has 1 aromatic rings. The van der Waals surface area contributed by atoms with E-state index in [0.29, 0.717) is 5.56 Å². The minimum absolute atomic E-state index is 0.107. The Hall–Kier alpha value is -0.910. The molecule has 1 saturated heterocycles. The zero-order valence-electron chi connectivity index (χ0n) is 8.38. The molecule has 0 saturated carbocycles. The van der Waals surface area contributed by atoms with E-state index in [1.165, 1.54) is 16.2 Å². The fourth-order valence-electron chi connectivity index (χ4n) is 1.69. The second-order valence-corrected chi connectivity index (χ2v) is 4.56. The van der Waals surface area contributed by atoms with Crippen LogP contribution in [0.15, 0.2) is 10.8 Å². The number of thiophene rings is 1. The van der Waals surface area contributed by atoms with Gasteiger partial charge in [0.25, 0.3) is 5.91 Å². The number of carbonyl (C=O) groups is 1. The largest absolute Gasteiger partial charge is 0.388 e. The molecule has 15 heavy (non-hydrogen) atoms. The summed E-state index contributed by atoms with van der Waals surface area (Å²) in [5.41, 5.74) is 1.61. The van der Waals surface area contributed by atoms with E-state index in [-0.39, 0.29) is 19.0 Å². The monoisotopic (exact) mass is 227 g/mol. The number of hydrogen-bond donors (Lipinski definition) is 2. The first-order valence-corrected chi connectivity index (χ1v) is 5.72. The number of aliphatic hydroxyl groups is 2. The van der Waals surface area contributed by atoms with Crippen LogP contribution in [0.5, 0.6) is 0 Å². The summed E-state index contributed by atoms with van der Waals surface area (Å²) in [6, 6.07) is 0. The van der Waals surface area contributed by atoms with Gasteiger partial charge in [-0.3, -0.25) is 4.79 Å². The molecule has 1 aliphatic rings. The number of β-amino-alcohol motifs (C(OH)–C–C–N with tert-alkyl or cyclic N) is 2. The standard InChI is InChI=1S/C10H13NO3S/c1-6-4-15-5-7(6)10(14)11-2-8(12)9(13)3-11/h4-5,8-9,12-13H,2-3H2,1H3/t8-,9+. The van der Waals surface area contributed by atoms with E-state index in [1.807, 2.05) is 12.3 Å². The van der Waals surface area contributed by atoms with Gasteiger partial charge in [-0.25, -0.2) is 0 Å². The molecule has 4 nitrogen and oxygen atoms in total. The summed E-state index contributed by atoms with van der Waals surface area (Å²) in [5, 5.41) is 22.4. The fraction of sp³-hybridized carbons (Fsp3) is 0.500. The smallest absolute Gasteiger partial charge is 0.255 e. The second kappa shape index (κ2) is 3.92. The fourth-order valence-corrected chi connectivity index (χ4v) is 2.51. The van der Waals surface area contributed by atoms with Crippen LogP contribution in [0.1, 0.15) is 15.9 Å². The molecule has 1 aliphatic heterocycles. The number of aliphatic hydroxyl groups excluding tert-OH is 2. The molecule has 2 N–H and O–H groups in total. The number of amides is 1.